The maximum Gasteiger partial charge on any atom is 0.333 e. The van der Waals surface area contributed by atoms with E-state index in [0.29, 0.717) is 15.6 Å². The van der Waals surface area contributed by atoms with Gasteiger partial charge in [-0.25, -0.2) is 13.2 Å². The second-order valence-corrected chi connectivity index (χ2v) is 10.6. The third-order valence-electron chi connectivity index (χ3n) is 5.68. The van der Waals surface area contributed by atoms with Crippen LogP contribution in [0.15, 0.2) is 89.3 Å². The number of hydrogen-bond acceptors (Lipinski definition) is 3. The summed E-state index contributed by atoms with van der Waals surface area (Å²) in [6.45, 7) is 1.95. The van der Waals surface area contributed by atoms with Crippen LogP contribution in [0.4, 0.5) is 0 Å². The van der Waals surface area contributed by atoms with Crippen LogP contribution in [0.25, 0.3) is 0 Å². The van der Waals surface area contributed by atoms with Crippen LogP contribution in [0.2, 0.25) is 10.0 Å². The number of rotatable bonds is 5. The Hall–Kier alpha value is -2.64. The highest BCUT2D eigenvalue weighted by Crippen LogP contribution is 2.46. The zero-order valence-electron chi connectivity index (χ0n) is 17.7. The zero-order valence-corrected chi connectivity index (χ0v) is 20.0. The van der Waals surface area contributed by atoms with Gasteiger partial charge in [0.05, 0.1) is 22.6 Å². The molecule has 5 nitrogen and oxygen atoms in total. The molecule has 0 saturated heterocycles. The van der Waals surface area contributed by atoms with Crippen molar-refractivity contribution in [2.24, 2.45) is 0 Å². The number of carboxylic acid groups (broad SMARTS) is 1. The molecule has 0 bridgehead atoms. The van der Waals surface area contributed by atoms with Gasteiger partial charge in [-0.1, -0.05) is 71.2 Å². The lowest BCUT2D eigenvalue weighted by atomic mass is 9.89. The van der Waals surface area contributed by atoms with Crippen molar-refractivity contribution in [1.29, 1.82) is 0 Å². The number of aryl methyl sites for hydroxylation is 1. The lowest BCUT2D eigenvalue weighted by molar-refractivity contribution is -0.133. The van der Waals surface area contributed by atoms with E-state index in [4.69, 9.17) is 23.2 Å². The van der Waals surface area contributed by atoms with Crippen molar-refractivity contribution in [3.63, 3.8) is 0 Å². The number of halogens is 2. The van der Waals surface area contributed by atoms with E-state index in [1.807, 2.05) is 31.2 Å². The Morgan fingerprint density at radius 2 is 1.61 bits per heavy atom. The molecule has 0 radical (unpaired) electrons. The van der Waals surface area contributed by atoms with Gasteiger partial charge in [0, 0.05) is 10.0 Å². The van der Waals surface area contributed by atoms with Gasteiger partial charge in [0.15, 0.2) is 0 Å². The molecule has 1 heterocycles. The number of nitrogens with zero attached hydrogens (tertiary/aromatic N) is 1. The molecule has 0 unspecified atom stereocenters. The van der Waals surface area contributed by atoms with Crippen LogP contribution >= 0.6 is 23.2 Å². The van der Waals surface area contributed by atoms with Crippen LogP contribution < -0.4 is 0 Å². The molecule has 3 aromatic rings. The van der Waals surface area contributed by atoms with E-state index < -0.39 is 28.1 Å². The lowest BCUT2D eigenvalue weighted by Gasteiger charge is -2.40. The monoisotopic (exact) mass is 501 g/mol. The topological polar surface area (TPSA) is 74.7 Å². The third-order valence-corrected chi connectivity index (χ3v) is 8.06. The summed E-state index contributed by atoms with van der Waals surface area (Å²) < 4.78 is 29.3. The summed E-state index contributed by atoms with van der Waals surface area (Å²) in [5, 5.41) is 10.8. The van der Waals surface area contributed by atoms with Crippen LogP contribution in [0.1, 0.15) is 35.2 Å². The van der Waals surface area contributed by atoms with Crippen molar-refractivity contribution < 1.29 is 18.3 Å². The van der Waals surface area contributed by atoms with Gasteiger partial charge in [-0.3, -0.25) is 0 Å². The van der Waals surface area contributed by atoms with E-state index in [9.17, 15) is 18.3 Å². The maximum atomic E-state index is 14.0. The highest BCUT2D eigenvalue weighted by Gasteiger charge is 2.44. The Morgan fingerprint density at radius 3 is 2.21 bits per heavy atom. The zero-order chi connectivity index (χ0) is 23.8. The first kappa shape index (κ1) is 23.5. The van der Waals surface area contributed by atoms with Gasteiger partial charge in [-0.05, 0) is 60.9 Å². The van der Waals surface area contributed by atoms with Gasteiger partial charge < -0.3 is 5.11 Å². The maximum absolute atomic E-state index is 14.0. The summed E-state index contributed by atoms with van der Waals surface area (Å²) in [4.78, 5) is 12.3. The summed E-state index contributed by atoms with van der Waals surface area (Å²) in [5.41, 5.74) is 2.27. The average molecular weight is 502 g/mol. The van der Waals surface area contributed by atoms with Crippen molar-refractivity contribution in [2.45, 2.75) is 30.3 Å². The normalized spacial score (nSPS) is 19.2. The molecule has 0 aliphatic carbocycles. The fourth-order valence-electron chi connectivity index (χ4n) is 4.08. The molecule has 8 heteroatoms. The van der Waals surface area contributed by atoms with Gasteiger partial charge in [-0.15, -0.1) is 0 Å². The third kappa shape index (κ3) is 4.70. The molecule has 1 aliphatic heterocycles. The summed E-state index contributed by atoms with van der Waals surface area (Å²) in [7, 11) is -4.14. The van der Waals surface area contributed by atoms with Gasteiger partial charge in [0.2, 0.25) is 10.0 Å². The Labute approximate surface area is 202 Å². The first-order valence-electron chi connectivity index (χ1n) is 10.2. The Morgan fingerprint density at radius 1 is 0.939 bits per heavy atom. The van der Waals surface area contributed by atoms with Crippen molar-refractivity contribution in [2.75, 3.05) is 0 Å². The molecule has 33 heavy (non-hydrogen) atoms. The van der Waals surface area contributed by atoms with Crippen LogP contribution in [-0.2, 0) is 14.8 Å². The molecule has 0 aromatic heterocycles. The number of aliphatic carboxylic acids is 1. The predicted molar refractivity (Wildman–Crippen MR) is 129 cm³/mol. The highest BCUT2D eigenvalue weighted by molar-refractivity contribution is 7.89. The Balaban J connectivity index is 1.97. The van der Waals surface area contributed by atoms with E-state index in [0.717, 1.165) is 11.1 Å². The average Bonchev–Trinajstić information content (AvgIpc) is 2.79. The smallest absolute Gasteiger partial charge is 0.333 e. The van der Waals surface area contributed by atoms with Crippen molar-refractivity contribution >= 4 is 39.2 Å². The van der Waals surface area contributed by atoms with Crippen LogP contribution in [0.5, 0.6) is 0 Å². The van der Waals surface area contributed by atoms with E-state index in [2.05, 4.69) is 0 Å². The highest BCUT2D eigenvalue weighted by atomic mass is 35.5. The first-order chi connectivity index (χ1) is 15.7. The molecule has 170 valence electrons. The van der Waals surface area contributed by atoms with Gasteiger partial charge in [0.25, 0.3) is 0 Å². The second kappa shape index (κ2) is 9.31. The van der Waals surface area contributed by atoms with E-state index in [-0.39, 0.29) is 16.9 Å². The van der Waals surface area contributed by atoms with E-state index in [1.165, 1.54) is 28.6 Å². The summed E-state index contributed by atoms with van der Waals surface area (Å²) >= 11 is 12.2. The molecule has 3 aromatic carbocycles. The minimum absolute atomic E-state index is 0.0156. The van der Waals surface area contributed by atoms with Crippen LogP contribution in [-0.4, -0.2) is 23.8 Å². The predicted octanol–water partition coefficient (Wildman–Crippen LogP) is 6.19. The summed E-state index contributed by atoms with van der Waals surface area (Å²) in [6, 6.07) is 18.4. The minimum atomic E-state index is -4.14. The summed E-state index contributed by atoms with van der Waals surface area (Å²) in [6.07, 6.45) is 1.82. The second-order valence-electron chi connectivity index (χ2n) is 7.87. The molecular weight excluding hydrogens is 481 g/mol. The number of hydrogen-bond donors (Lipinski definition) is 1. The molecule has 0 amide bonds. The van der Waals surface area contributed by atoms with Gasteiger partial charge >= 0.3 is 5.97 Å². The molecule has 0 saturated carbocycles. The van der Waals surface area contributed by atoms with E-state index in [1.54, 1.807) is 30.3 Å². The summed E-state index contributed by atoms with van der Waals surface area (Å²) in [5.74, 6) is -1.18. The van der Waals surface area contributed by atoms with Crippen molar-refractivity contribution in [3.05, 3.63) is 111 Å². The van der Waals surface area contributed by atoms with Gasteiger partial charge in [-0.2, -0.15) is 4.31 Å². The van der Waals surface area contributed by atoms with Crippen molar-refractivity contribution in [3.8, 4) is 0 Å². The molecule has 1 aliphatic rings. The molecular formula is C25H21Cl2NO4S. The molecule has 1 N–H and O–H groups in total. The fourth-order valence-corrected chi connectivity index (χ4v) is 6.19. The van der Waals surface area contributed by atoms with Crippen LogP contribution in [0.3, 0.4) is 0 Å². The minimum Gasteiger partial charge on any atom is -0.478 e. The number of carbonyl (C=O) groups is 1. The number of sulfonamides is 1. The number of carboxylic acids is 1. The molecule has 4 rings (SSSR count). The largest absolute Gasteiger partial charge is 0.478 e. The van der Waals surface area contributed by atoms with Crippen LogP contribution in [0, 0.1) is 6.92 Å². The molecule has 0 fully saturated rings. The Kier molecular flexibility index (Phi) is 6.64. The lowest BCUT2D eigenvalue weighted by Crippen LogP contribution is -2.42. The number of benzene rings is 3. The van der Waals surface area contributed by atoms with Gasteiger partial charge in [0.1, 0.15) is 0 Å². The Bertz CT molecular complexity index is 1320. The quantitative estimate of drug-likeness (QED) is 0.452. The SMILES string of the molecule is Cc1ccc([C@@H]2CC=C(C(=O)O)[C@H](c3cccc(Cl)c3)N2S(=O)(=O)c2ccc(Cl)cc2)cc1. The fraction of sp³-hybridized carbons (Fsp3) is 0.160. The first-order valence-corrected chi connectivity index (χ1v) is 12.4. The standard InChI is InChI=1S/C25H21Cl2NO4S/c1-16-5-7-17(8-6-16)23-14-13-22(25(29)30)24(18-3-2-4-20(27)15-18)28(23)33(31,32)21-11-9-19(26)10-12-21/h2-13,15,23-24H,14H2,1H3,(H,29,30)/t23-,24-/m0/s1. The van der Waals surface area contributed by atoms with E-state index >= 15 is 0 Å². The molecule has 0 spiro atoms. The molecule has 2 atom stereocenters. The van der Waals surface area contributed by atoms with Crippen molar-refractivity contribution in [1.82, 2.24) is 4.31 Å².